The van der Waals surface area contributed by atoms with Crippen LogP contribution in [0.2, 0.25) is 10.0 Å². The number of benzene rings is 3. The summed E-state index contributed by atoms with van der Waals surface area (Å²) >= 11 is 13.6. The molecule has 1 aromatic heterocycles. The first-order valence-electron chi connectivity index (χ1n) is 9.86. The molecule has 162 valence electrons. The number of halogens is 2. The molecule has 4 rings (SSSR count). The molecule has 0 saturated carbocycles. The highest BCUT2D eigenvalue weighted by atomic mass is 35.5. The van der Waals surface area contributed by atoms with Crippen LogP contribution >= 0.6 is 35.0 Å². The number of anilines is 1. The molecule has 8 heteroatoms. The Morgan fingerprint density at radius 1 is 1.00 bits per heavy atom. The predicted octanol–water partition coefficient (Wildman–Crippen LogP) is 6.12. The Bertz CT molecular complexity index is 1370. The Morgan fingerprint density at radius 2 is 1.66 bits per heavy atom. The topological polar surface area (TPSA) is 64.0 Å². The molecule has 0 aliphatic heterocycles. The highest BCUT2D eigenvalue weighted by molar-refractivity contribution is 8.00. The van der Waals surface area contributed by atoms with Gasteiger partial charge in [0.2, 0.25) is 5.91 Å². The minimum absolute atomic E-state index is 0.186. The van der Waals surface area contributed by atoms with Crippen molar-refractivity contribution in [2.24, 2.45) is 0 Å². The van der Waals surface area contributed by atoms with E-state index in [0.29, 0.717) is 31.8 Å². The molecule has 0 aliphatic rings. The van der Waals surface area contributed by atoms with Crippen LogP contribution in [0.3, 0.4) is 0 Å². The van der Waals surface area contributed by atoms with Crippen molar-refractivity contribution in [2.75, 3.05) is 5.32 Å². The molecule has 3 aromatic carbocycles. The Hall–Kier alpha value is -2.80. The summed E-state index contributed by atoms with van der Waals surface area (Å²) in [7, 11) is 0. The number of rotatable bonds is 5. The van der Waals surface area contributed by atoms with Crippen LogP contribution in [0.1, 0.15) is 12.5 Å². The Kier molecular flexibility index (Phi) is 6.55. The molecule has 5 nitrogen and oxygen atoms in total. The lowest BCUT2D eigenvalue weighted by atomic mass is 10.2. The minimum Gasteiger partial charge on any atom is -0.323 e. The first-order chi connectivity index (χ1) is 15.4. The second-order valence-corrected chi connectivity index (χ2v) is 9.31. The third kappa shape index (κ3) is 4.39. The fourth-order valence-corrected chi connectivity index (χ4v) is 4.68. The second-order valence-electron chi connectivity index (χ2n) is 7.18. The molecule has 1 unspecified atom stereocenters. The summed E-state index contributed by atoms with van der Waals surface area (Å²) in [6, 6.07) is 19.8. The largest absolute Gasteiger partial charge is 0.323 e. The van der Waals surface area contributed by atoms with Gasteiger partial charge in [-0.05, 0) is 49.7 Å². The number of aromatic nitrogens is 2. The van der Waals surface area contributed by atoms with Crippen LogP contribution in [-0.4, -0.2) is 20.7 Å². The number of fused-ring (bicyclic) bond motifs is 1. The number of hydrogen-bond acceptors (Lipinski definition) is 4. The number of thioether (sulfide) groups is 1. The molecule has 1 atom stereocenters. The van der Waals surface area contributed by atoms with Gasteiger partial charge in [-0.25, -0.2) is 4.98 Å². The Morgan fingerprint density at radius 3 is 2.38 bits per heavy atom. The normalized spacial score (nSPS) is 12.0. The number of nitrogens with one attached hydrogen (secondary N) is 1. The zero-order valence-electron chi connectivity index (χ0n) is 17.3. The molecule has 4 aromatic rings. The highest BCUT2D eigenvalue weighted by Crippen LogP contribution is 2.32. The van der Waals surface area contributed by atoms with Crippen molar-refractivity contribution in [3.8, 4) is 5.69 Å². The average Bonchev–Trinajstić information content (AvgIpc) is 2.77. The summed E-state index contributed by atoms with van der Waals surface area (Å²) in [6.45, 7) is 3.68. The molecule has 0 saturated heterocycles. The van der Waals surface area contributed by atoms with E-state index in [1.54, 1.807) is 41.8 Å². The van der Waals surface area contributed by atoms with Gasteiger partial charge in [-0.15, -0.1) is 0 Å². The Balaban J connectivity index is 1.75. The van der Waals surface area contributed by atoms with Crippen molar-refractivity contribution in [3.05, 3.63) is 92.7 Å². The molecule has 0 aliphatic carbocycles. The van der Waals surface area contributed by atoms with E-state index < -0.39 is 5.25 Å². The van der Waals surface area contributed by atoms with Crippen LogP contribution in [0.4, 0.5) is 5.69 Å². The van der Waals surface area contributed by atoms with Crippen LogP contribution in [0.5, 0.6) is 0 Å². The van der Waals surface area contributed by atoms with Gasteiger partial charge in [0, 0.05) is 0 Å². The third-order valence-corrected chi connectivity index (χ3v) is 6.65. The van der Waals surface area contributed by atoms with Crippen LogP contribution in [-0.2, 0) is 4.79 Å². The van der Waals surface area contributed by atoms with Crippen molar-refractivity contribution >= 4 is 57.5 Å². The first kappa shape index (κ1) is 22.4. The van der Waals surface area contributed by atoms with E-state index in [9.17, 15) is 9.59 Å². The van der Waals surface area contributed by atoms with E-state index in [4.69, 9.17) is 28.2 Å². The van der Waals surface area contributed by atoms with E-state index in [1.165, 1.54) is 11.8 Å². The van der Waals surface area contributed by atoms with Crippen LogP contribution in [0, 0.1) is 6.92 Å². The number of carbonyl (C=O) groups excluding carboxylic acids is 1. The minimum atomic E-state index is -0.578. The molecule has 0 bridgehead atoms. The maximum Gasteiger partial charge on any atom is 0.266 e. The fourth-order valence-electron chi connectivity index (χ4n) is 3.27. The van der Waals surface area contributed by atoms with Crippen molar-refractivity contribution < 1.29 is 4.79 Å². The summed E-state index contributed by atoms with van der Waals surface area (Å²) in [5, 5.41) is 3.85. The van der Waals surface area contributed by atoms with Gasteiger partial charge < -0.3 is 5.32 Å². The van der Waals surface area contributed by atoms with E-state index >= 15 is 0 Å². The van der Waals surface area contributed by atoms with Gasteiger partial charge >= 0.3 is 0 Å². The quantitative estimate of drug-likeness (QED) is 0.274. The monoisotopic (exact) mass is 483 g/mol. The second kappa shape index (κ2) is 9.36. The summed E-state index contributed by atoms with van der Waals surface area (Å²) in [4.78, 5) is 31.0. The van der Waals surface area contributed by atoms with Crippen molar-refractivity contribution in [3.63, 3.8) is 0 Å². The molecular weight excluding hydrogens is 465 g/mol. The molecule has 32 heavy (non-hydrogen) atoms. The molecule has 1 N–H and O–H groups in total. The van der Waals surface area contributed by atoms with Gasteiger partial charge in [0.1, 0.15) is 0 Å². The van der Waals surface area contributed by atoms with E-state index in [1.807, 2.05) is 43.3 Å². The SMILES string of the molecule is Cc1ccccc1-n1c(SC(C)C(=O)Nc2c(Cl)cccc2Cl)nc2ccccc2c1=O. The van der Waals surface area contributed by atoms with Gasteiger partial charge in [-0.2, -0.15) is 0 Å². The lowest BCUT2D eigenvalue weighted by Gasteiger charge is -2.18. The smallest absolute Gasteiger partial charge is 0.266 e. The van der Waals surface area contributed by atoms with Gasteiger partial charge in [-0.3, -0.25) is 14.2 Å². The van der Waals surface area contributed by atoms with Gasteiger partial charge in [-0.1, -0.05) is 71.4 Å². The molecule has 1 amide bonds. The maximum absolute atomic E-state index is 13.4. The predicted molar refractivity (Wildman–Crippen MR) is 132 cm³/mol. The van der Waals surface area contributed by atoms with E-state index in [-0.39, 0.29) is 11.5 Å². The average molecular weight is 484 g/mol. The highest BCUT2D eigenvalue weighted by Gasteiger charge is 2.22. The molecular formula is C24H19Cl2N3O2S. The summed E-state index contributed by atoms with van der Waals surface area (Å²) in [6.07, 6.45) is 0. The lowest BCUT2D eigenvalue weighted by Crippen LogP contribution is -2.26. The van der Waals surface area contributed by atoms with Crippen LogP contribution in [0.25, 0.3) is 16.6 Å². The van der Waals surface area contributed by atoms with E-state index in [2.05, 4.69) is 5.32 Å². The number of aryl methyl sites for hydroxylation is 1. The Labute approximate surface area is 199 Å². The van der Waals surface area contributed by atoms with Gasteiger partial charge in [0.05, 0.1) is 37.6 Å². The standard InChI is InChI=1S/C24H19Cl2N3O2S/c1-14-8-3-6-13-20(14)29-23(31)16-9-4-5-12-19(16)27-24(29)32-15(2)22(30)28-21-17(25)10-7-11-18(21)26/h3-13,15H,1-2H3,(H,28,30). The number of para-hydroxylation sites is 3. The molecule has 1 heterocycles. The lowest BCUT2D eigenvalue weighted by molar-refractivity contribution is -0.115. The summed E-state index contributed by atoms with van der Waals surface area (Å²) < 4.78 is 1.56. The fraction of sp³-hybridized carbons (Fsp3) is 0.125. The molecule has 0 radical (unpaired) electrons. The maximum atomic E-state index is 13.4. The molecule has 0 fully saturated rings. The van der Waals surface area contributed by atoms with Crippen molar-refractivity contribution in [2.45, 2.75) is 24.3 Å². The number of carbonyl (C=O) groups is 1. The van der Waals surface area contributed by atoms with Crippen LogP contribution in [0.15, 0.2) is 76.7 Å². The first-order valence-corrected chi connectivity index (χ1v) is 11.5. The van der Waals surface area contributed by atoms with Crippen LogP contribution < -0.4 is 10.9 Å². The van der Waals surface area contributed by atoms with Gasteiger partial charge in [0.15, 0.2) is 5.16 Å². The van der Waals surface area contributed by atoms with Crippen molar-refractivity contribution in [1.82, 2.24) is 9.55 Å². The number of amides is 1. The third-order valence-electron chi connectivity index (χ3n) is 4.96. The number of nitrogens with zero attached hydrogens (tertiary/aromatic N) is 2. The van der Waals surface area contributed by atoms with Crippen molar-refractivity contribution in [1.29, 1.82) is 0 Å². The summed E-state index contributed by atoms with van der Waals surface area (Å²) in [5.41, 5.74) is 2.39. The zero-order chi connectivity index (χ0) is 22.8. The zero-order valence-corrected chi connectivity index (χ0v) is 19.6. The van der Waals surface area contributed by atoms with Gasteiger partial charge in [0.25, 0.3) is 5.56 Å². The van der Waals surface area contributed by atoms with E-state index in [0.717, 1.165) is 11.3 Å². The summed E-state index contributed by atoms with van der Waals surface area (Å²) in [5.74, 6) is -0.302. The number of hydrogen-bond donors (Lipinski definition) is 1. The molecule has 0 spiro atoms.